The normalized spacial score (nSPS) is 12.9. The fourth-order valence-corrected chi connectivity index (χ4v) is 6.61. The molecule has 2 heterocycles. The van der Waals surface area contributed by atoms with Crippen LogP contribution >= 0.6 is 0 Å². The number of ether oxygens (including phenoxy) is 2. The lowest BCUT2D eigenvalue weighted by atomic mass is 10.0. The van der Waals surface area contributed by atoms with E-state index in [0.717, 1.165) is 11.1 Å². The van der Waals surface area contributed by atoms with Crippen molar-refractivity contribution in [3.05, 3.63) is 101 Å². The minimum absolute atomic E-state index is 0.0154. The van der Waals surface area contributed by atoms with Crippen LogP contribution < -0.4 is 24.4 Å². The number of rotatable bonds is 12. The van der Waals surface area contributed by atoms with Crippen LogP contribution in [0.1, 0.15) is 47.8 Å². The monoisotopic (exact) mass is 673 g/mol. The molecule has 0 saturated heterocycles. The smallest absolute Gasteiger partial charge is 0.264 e. The lowest BCUT2D eigenvalue weighted by molar-refractivity contribution is -0.127. The molecule has 0 bridgehead atoms. The van der Waals surface area contributed by atoms with Gasteiger partial charge in [0, 0.05) is 36.5 Å². The van der Waals surface area contributed by atoms with Gasteiger partial charge in [0.2, 0.25) is 24.5 Å². The minimum atomic E-state index is -4.07. The number of hydrogen-bond acceptors (Lipinski definition) is 8. The first kappa shape index (κ1) is 34.2. The highest BCUT2D eigenvalue weighted by molar-refractivity contribution is 7.90. The predicted molar refractivity (Wildman–Crippen MR) is 179 cm³/mol. The first-order chi connectivity index (χ1) is 22.8. The van der Waals surface area contributed by atoms with Gasteiger partial charge in [0.15, 0.2) is 11.5 Å². The SMILES string of the molecule is Cc1ccc(S(=O)(=O)NC(=O)Cc2c(C)nn(CC(=O)N[C@@H](Cc3ccccc3)C(=O)N(C)c3ccc4c(c3)OCO4)c2C(C)C)cc1. The quantitative estimate of drug-likeness (QED) is 0.231. The highest BCUT2D eigenvalue weighted by Crippen LogP contribution is 2.35. The minimum Gasteiger partial charge on any atom is -0.454 e. The zero-order chi connectivity index (χ0) is 34.6. The first-order valence-electron chi connectivity index (χ1n) is 15.5. The van der Waals surface area contributed by atoms with Crippen molar-refractivity contribution in [1.29, 1.82) is 0 Å². The summed E-state index contributed by atoms with van der Waals surface area (Å²) in [7, 11) is -2.44. The third-order valence-corrected chi connectivity index (χ3v) is 9.43. The van der Waals surface area contributed by atoms with E-state index >= 15 is 0 Å². The molecule has 0 unspecified atom stereocenters. The van der Waals surface area contributed by atoms with E-state index in [1.165, 1.54) is 21.7 Å². The number of carbonyl (C=O) groups excluding carboxylic acids is 3. The molecular weight excluding hydrogens is 634 g/mol. The lowest BCUT2D eigenvalue weighted by Gasteiger charge is -2.25. The molecule has 13 heteroatoms. The van der Waals surface area contributed by atoms with Crippen molar-refractivity contribution < 1.29 is 32.3 Å². The van der Waals surface area contributed by atoms with E-state index < -0.39 is 27.9 Å². The summed E-state index contributed by atoms with van der Waals surface area (Å²) < 4.78 is 40.2. The van der Waals surface area contributed by atoms with Gasteiger partial charge in [-0.05, 0) is 49.6 Å². The molecule has 0 spiro atoms. The van der Waals surface area contributed by atoms with E-state index in [0.29, 0.717) is 34.1 Å². The molecule has 12 nitrogen and oxygen atoms in total. The van der Waals surface area contributed by atoms with Gasteiger partial charge in [-0.3, -0.25) is 19.1 Å². The van der Waals surface area contributed by atoms with Crippen LogP contribution in [0.3, 0.4) is 0 Å². The molecule has 0 saturated carbocycles. The maximum absolute atomic E-state index is 13.8. The fraction of sp³-hybridized carbons (Fsp3) is 0.314. The molecule has 1 atom stereocenters. The Morgan fingerprint density at radius 3 is 2.31 bits per heavy atom. The highest BCUT2D eigenvalue weighted by Gasteiger charge is 2.29. The van der Waals surface area contributed by atoms with Gasteiger partial charge in [-0.2, -0.15) is 5.10 Å². The summed E-state index contributed by atoms with van der Waals surface area (Å²) in [6, 6.07) is 19.9. The second kappa shape index (κ2) is 14.3. The molecule has 1 aromatic heterocycles. The van der Waals surface area contributed by atoms with Crippen molar-refractivity contribution in [3.8, 4) is 11.5 Å². The van der Waals surface area contributed by atoms with E-state index in [4.69, 9.17) is 9.47 Å². The Morgan fingerprint density at radius 2 is 1.62 bits per heavy atom. The van der Waals surface area contributed by atoms with E-state index in [9.17, 15) is 22.8 Å². The predicted octanol–water partition coefficient (Wildman–Crippen LogP) is 3.79. The van der Waals surface area contributed by atoms with Gasteiger partial charge in [0.25, 0.3) is 10.0 Å². The molecule has 1 aliphatic rings. The number of fused-ring (bicyclic) bond motifs is 1. The molecule has 3 amide bonds. The van der Waals surface area contributed by atoms with Crippen molar-refractivity contribution in [2.75, 3.05) is 18.7 Å². The molecular formula is C35H39N5O7S. The summed E-state index contributed by atoms with van der Waals surface area (Å²) in [6.45, 7) is 7.23. The summed E-state index contributed by atoms with van der Waals surface area (Å²) in [5.41, 5.74) is 3.98. The first-order valence-corrected chi connectivity index (χ1v) is 17.0. The Labute approximate surface area is 280 Å². The number of anilines is 1. The van der Waals surface area contributed by atoms with E-state index in [1.807, 2.05) is 51.1 Å². The summed E-state index contributed by atoms with van der Waals surface area (Å²) in [4.78, 5) is 41.9. The van der Waals surface area contributed by atoms with Crippen LogP contribution in [0, 0.1) is 13.8 Å². The lowest BCUT2D eigenvalue weighted by Crippen LogP contribution is -2.49. The van der Waals surface area contributed by atoms with Gasteiger partial charge in [-0.15, -0.1) is 0 Å². The number of sulfonamides is 1. The van der Waals surface area contributed by atoms with Crippen LogP contribution in [0.4, 0.5) is 5.69 Å². The average molecular weight is 674 g/mol. The fourth-order valence-electron chi connectivity index (χ4n) is 5.63. The summed E-state index contributed by atoms with van der Waals surface area (Å²) in [6.07, 6.45) is -0.00212. The summed E-state index contributed by atoms with van der Waals surface area (Å²) in [5, 5.41) is 7.45. The zero-order valence-corrected chi connectivity index (χ0v) is 28.3. The molecule has 5 rings (SSSR count). The highest BCUT2D eigenvalue weighted by atomic mass is 32.2. The van der Waals surface area contributed by atoms with Crippen molar-refractivity contribution in [2.24, 2.45) is 0 Å². The van der Waals surface area contributed by atoms with E-state index in [1.54, 1.807) is 44.3 Å². The Kier molecular flexibility index (Phi) is 10.2. The molecule has 3 aromatic carbocycles. The van der Waals surface area contributed by atoms with Crippen molar-refractivity contribution >= 4 is 33.4 Å². The molecule has 0 fully saturated rings. The molecule has 4 aromatic rings. The topological polar surface area (TPSA) is 149 Å². The Hall–Kier alpha value is -5.17. The molecule has 2 N–H and O–H groups in total. The second-order valence-electron chi connectivity index (χ2n) is 12.0. The number of amides is 3. The van der Waals surface area contributed by atoms with Crippen LogP contribution in [0.2, 0.25) is 0 Å². The molecule has 48 heavy (non-hydrogen) atoms. The van der Waals surface area contributed by atoms with Gasteiger partial charge >= 0.3 is 0 Å². The number of aromatic nitrogens is 2. The van der Waals surface area contributed by atoms with Crippen LogP contribution in [0.15, 0.2) is 77.7 Å². The molecule has 0 aliphatic carbocycles. The third kappa shape index (κ3) is 7.85. The van der Waals surface area contributed by atoms with Crippen LogP contribution in [0.5, 0.6) is 11.5 Å². The third-order valence-electron chi connectivity index (χ3n) is 8.04. The number of nitrogens with zero attached hydrogens (tertiary/aromatic N) is 3. The summed E-state index contributed by atoms with van der Waals surface area (Å²) >= 11 is 0. The molecule has 252 valence electrons. The molecule has 1 aliphatic heterocycles. The van der Waals surface area contributed by atoms with Crippen molar-refractivity contribution in [2.45, 2.75) is 63.9 Å². The number of aryl methyl sites for hydroxylation is 2. The number of likely N-dealkylation sites (N-methyl/N-ethyl adjacent to an activating group) is 1. The maximum atomic E-state index is 13.8. The van der Waals surface area contributed by atoms with Crippen molar-refractivity contribution in [1.82, 2.24) is 19.8 Å². The van der Waals surface area contributed by atoms with E-state index in [2.05, 4.69) is 15.1 Å². The number of hydrogen-bond donors (Lipinski definition) is 2. The van der Waals surface area contributed by atoms with Crippen LogP contribution in [-0.2, 0) is 43.8 Å². The Morgan fingerprint density at radius 1 is 0.938 bits per heavy atom. The van der Waals surface area contributed by atoms with Gasteiger partial charge in [-0.1, -0.05) is 61.9 Å². The second-order valence-corrected chi connectivity index (χ2v) is 13.7. The number of carbonyl (C=O) groups is 3. The van der Waals surface area contributed by atoms with Gasteiger partial charge in [0.1, 0.15) is 12.6 Å². The molecule has 0 radical (unpaired) electrons. The summed E-state index contributed by atoms with van der Waals surface area (Å²) in [5.74, 6) is -0.541. The van der Waals surface area contributed by atoms with Crippen LogP contribution in [0.25, 0.3) is 0 Å². The number of nitrogens with one attached hydrogen (secondary N) is 2. The Balaban J connectivity index is 1.33. The van der Waals surface area contributed by atoms with Crippen molar-refractivity contribution in [3.63, 3.8) is 0 Å². The average Bonchev–Trinajstić information content (AvgIpc) is 3.63. The standard InChI is InChI=1S/C35H39N5O7S/c1-22(2)34-28(19-32(41)38-48(44,45)27-14-11-23(3)12-15-27)24(4)37-40(34)20-33(42)36-29(17-25-9-7-6-8-10-25)35(43)39(5)26-13-16-30-31(18-26)47-21-46-30/h6-16,18,22,29H,17,19-21H2,1-5H3,(H,36,42)(H,38,41)/t29-/m0/s1. The zero-order valence-electron chi connectivity index (χ0n) is 27.5. The largest absolute Gasteiger partial charge is 0.454 e. The Bertz CT molecular complexity index is 1920. The maximum Gasteiger partial charge on any atom is 0.264 e. The van der Waals surface area contributed by atoms with E-state index in [-0.39, 0.29) is 42.9 Å². The van der Waals surface area contributed by atoms with Crippen LogP contribution in [-0.4, -0.2) is 55.8 Å². The van der Waals surface area contributed by atoms with Gasteiger partial charge < -0.3 is 19.7 Å². The van der Waals surface area contributed by atoms with Gasteiger partial charge in [0.05, 0.1) is 17.0 Å². The number of benzene rings is 3. The van der Waals surface area contributed by atoms with Gasteiger partial charge in [-0.25, -0.2) is 13.1 Å².